The number of halogens is 1. The summed E-state index contributed by atoms with van der Waals surface area (Å²) < 4.78 is 42.8. The molecule has 21 heavy (non-hydrogen) atoms. The summed E-state index contributed by atoms with van der Waals surface area (Å²) in [5.41, 5.74) is 1.11. The number of primary sulfonamides is 1. The van der Waals surface area contributed by atoms with Crippen LogP contribution in [0.1, 0.15) is 5.56 Å². The first-order valence-electron chi connectivity index (χ1n) is 6.05. The molecule has 0 unspecified atom stereocenters. The number of rotatable bonds is 5. The van der Waals surface area contributed by atoms with Crippen LogP contribution in [0.3, 0.4) is 0 Å². The number of ether oxygens (including phenoxy) is 1. The first kappa shape index (κ1) is 15.5. The molecule has 7 nitrogen and oxygen atoms in total. The van der Waals surface area contributed by atoms with Gasteiger partial charge in [0.1, 0.15) is 5.82 Å². The Morgan fingerprint density at radius 1 is 1.33 bits per heavy atom. The van der Waals surface area contributed by atoms with Gasteiger partial charge in [-0.2, -0.15) is 0 Å². The molecular formula is C12H15FN4O3S. The number of methoxy groups -OCH3 is 1. The number of benzene rings is 1. The summed E-state index contributed by atoms with van der Waals surface area (Å²) in [6, 6.07) is 4.30. The zero-order valence-electron chi connectivity index (χ0n) is 11.6. The van der Waals surface area contributed by atoms with E-state index in [4.69, 9.17) is 9.88 Å². The Balaban J connectivity index is 2.60. The molecule has 0 spiro atoms. The number of sulfonamides is 1. The largest absolute Gasteiger partial charge is 0.383 e. The number of aromatic nitrogens is 3. The smallest absolute Gasteiger partial charge is 0.273 e. The molecule has 1 heterocycles. The van der Waals surface area contributed by atoms with Crippen molar-refractivity contribution in [2.24, 2.45) is 5.14 Å². The van der Waals surface area contributed by atoms with Gasteiger partial charge < -0.3 is 4.74 Å². The highest BCUT2D eigenvalue weighted by molar-refractivity contribution is 7.89. The Kier molecular flexibility index (Phi) is 4.35. The van der Waals surface area contributed by atoms with E-state index >= 15 is 0 Å². The number of hydrogen-bond donors (Lipinski definition) is 1. The highest BCUT2D eigenvalue weighted by atomic mass is 32.2. The Labute approximate surface area is 121 Å². The second-order valence-electron chi connectivity index (χ2n) is 4.51. The van der Waals surface area contributed by atoms with Crippen molar-refractivity contribution in [1.82, 2.24) is 14.8 Å². The predicted octanol–water partition coefficient (Wildman–Crippen LogP) is 0.686. The van der Waals surface area contributed by atoms with E-state index in [9.17, 15) is 12.8 Å². The van der Waals surface area contributed by atoms with E-state index in [1.54, 1.807) is 13.0 Å². The van der Waals surface area contributed by atoms with Gasteiger partial charge in [0, 0.05) is 12.7 Å². The molecule has 0 aliphatic heterocycles. The molecule has 0 bridgehead atoms. The molecule has 2 rings (SSSR count). The van der Waals surface area contributed by atoms with E-state index < -0.39 is 15.8 Å². The quantitative estimate of drug-likeness (QED) is 0.875. The topological polar surface area (TPSA) is 100 Å². The average Bonchev–Trinajstić information content (AvgIpc) is 2.78. The molecule has 0 fully saturated rings. The highest BCUT2D eigenvalue weighted by Crippen LogP contribution is 2.22. The molecule has 2 N–H and O–H groups in total. The zero-order chi connectivity index (χ0) is 15.6. The fourth-order valence-electron chi connectivity index (χ4n) is 1.96. The maximum absolute atomic E-state index is 13.5. The van der Waals surface area contributed by atoms with Gasteiger partial charge in [-0.1, -0.05) is 0 Å². The van der Waals surface area contributed by atoms with Gasteiger partial charge in [-0.15, -0.1) is 10.2 Å². The highest BCUT2D eigenvalue weighted by Gasteiger charge is 2.22. The van der Waals surface area contributed by atoms with Gasteiger partial charge in [0.15, 0.2) is 5.82 Å². The van der Waals surface area contributed by atoms with E-state index in [2.05, 4.69) is 10.2 Å². The molecule has 0 aliphatic carbocycles. The Hall–Kier alpha value is -1.84. The molecule has 0 aliphatic rings. The van der Waals surface area contributed by atoms with Crippen molar-refractivity contribution in [3.8, 4) is 11.4 Å². The second-order valence-corrected chi connectivity index (χ2v) is 5.97. The van der Waals surface area contributed by atoms with Crippen molar-refractivity contribution in [1.29, 1.82) is 0 Å². The molecule has 0 atom stereocenters. The van der Waals surface area contributed by atoms with Crippen LogP contribution in [0.2, 0.25) is 0 Å². The lowest BCUT2D eigenvalue weighted by Gasteiger charge is -2.09. The summed E-state index contributed by atoms with van der Waals surface area (Å²) in [4.78, 5) is 0. The maximum atomic E-state index is 13.5. The van der Waals surface area contributed by atoms with Crippen LogP contribution in [-0.2, 0) is 21.3 Å². The fraction of sp³-hybridized carbons (Fsp3) is 0.333. The van der Waals surface area contributed by atoms with Crippen LogP contribution in [-0.4, -0.2) is 36.9 Å². The minimum atomic E-state index is -4.03. The van der Waals surface area contributed by atoms with Crippen LogP contribution in [0.4, 0.5) is 4.39 Å². The van der Waals surface area contributed by atoms with Crippen molar-refractivity contribution < 1.29 is 17.5 Å². The minimum absolute atomic E-state index is 0.181. The molecule has 1 aromatic heterocycles. The zero-order valence-corrected chi connectivity index (χ0v) is 12.4. The van der Waals surface area contributed by atoms with E-state index in [1.807, 2.05) is 0 Å². The average molecular weight is 314 g/mol. The van der Waals surface area contributed by atoms with E-state index in [0.29, 0.717) is 11.1 Å². The standard InChI is InChI=1S/C12H15FN4O3S/c1-8-5-9(7-10(13)6-8)11-15-16-12(21(14,18)19)17(11)3-4-20-2/h5-7H,3-4H2,1-2H3,(H2,14,18,19). The van der Waals surface area contributed by atoms with Crippen LogP contribution in [0, 0.1) is 12.7 Å². The van der Waals surface area contributed by atoms with E-state index in [-0.39, 0.29) is 24.1 Å². The van der Waals surface area contributed by atoms with Crippen molar-refractivity contribution >= 4 is 10.0 Å². The van der Waals surface area contributed by atoms with Crippen molar-refractivity contribution in [2.45, 2.75) is 18.6 Å². The van der Waals surface area contributed by atoms with Gasteiger partial charge in [-0.25, -0.2) is 17.9 Å². The normalized spacial score (nSPS) is 11.8. The lowest BCUT2D eigenvalue weighted by Crippen LogP contribution is -2.20. The van der Waals surface area contributed by atoms with Gasteiger partial charge in [0.25, 0.3) is 15.2 Å². The van der Waals surface area contributed by atoms with Crippen LogP contribution in [0.15, 0.2) is 23.4 Å². The minimum Gasteiger partial charge on any atom is -0.383 e. The number of nitrogens with zero attached hydrogens (tertiary/aromatic N) is 3. The number of aryl methyl sites for hydroxylation is 1. The van der Waals surface area contributed by atoms with Crippen LogP contribution < -0.4 is 5.14 Å². The van der Waals surface area contributed by atoms with Gasteiger partial charge in [-0.3, -0.25) is 4.57 Å². The van der Waals surface area contributed by atoms with Gasteiger partial charge in [-0.05, 0) is 30.7 Å². The van der Waals surface area contributed by atoms with Crippen LogP contribution in [0.25, 0.3) is 11.4 Å². The predicted molar refractivity (Wildman–Crippen MR) is 73.4 cm³/mol. The summed E-state index contributed by atoms with van der Waals surface area (Å²) in [5.74, 6) is -0.220. The summed E-state index contributed by atoms with van der Waals surface area (Å²) in [6.45, 7) is 2.14. The molecule has 2 aromatic rings. The van der Waals surface area contributed by atoms with Crippen molar-refractivity contribution in [2.75, 3.05) is 13.7 Å². The molecular weight excluding hydrogens is 299 g/mol. The Bertz CT molecular complexity index is 738. The molecule has 0 saturated carbocycles. The van der Waals surface area contributed by atoms with Crippen LogP contribution in [0.5, 0.6) is 0 Å². The van der Waals surface area contributed by atoms with Crippen molar-refractivity contribution in [3.05, 3.63) is 29.6 Å². The van der Waals surface area contributed by atoms with Gasteiger partial charge in [0.2, 0.25) is 0 Å². The fourth-order valence-corrected chi connectivity index (χ4v) is 2.60. The van der Waals surface area contributed by atoms with E-state index in [1.165, 1.54) is 23.8 Å². The first-order chi connectivity index (χ1) is 9.82. The lowest BCUT2D eigenvalue weighted by molar-refractivity contribution is 0.185. The Morgan fingerprint density at radius 2 is 2.05 bits per heavy atom. The molecule has 0 radical (unpaired) electrons. The molecule has 9 heteroatoms. The summed E-state index contributed by atoms with van der Waals surface area (Å²) in [6.07, 6.45) is 0. The number of hydrogen-bond acceptors (Lipinski definition) is 5. The third kappa shape index (κ3) is 3.43. The van der Waals surface area contributed by atoms with Crippen molar-refractivity contribution in [3.63, 3.8) is 0 Å². The summed E-state index contributed by atoms with van der Waals surface area (Å²) in [7, 11) is -2.55. The third-order valence-corrected chi connectivity index (χ3v) is 3.60. The summed E-state index contributed by atoms with van der Waals surface area (Å²) in [5, 5.41) is 12.2. The number of nitrogens with two attached hydrogens (primary N) is 1. The summed E-state index contributed by atoms with van der Waals surface area (Å²) >= 11 is 0. The van der Waals surface area contributed by atoms with E-state index in [0.717, 1.165) is 0 Å². The lowest BCUT2D eigenvalue weighted by atomic mass is 10.1. The maximum Gasteiger partial charge on any atom is 0.273 e. The van der Waals surface area contributed by atoms with Crippen LogP contribution >= 0.6 is 0 Å². The molecule has 1 aromatic carbocycles. The monoisotopic (exact) mass is 314 g/mol. The van der Waals surface area contributed by atoms with Gasteiger partial charge >= 0.3 is 0 Å². The second kappa shape index (κ2) is 5.88. The molecule has 0 amide bonds. The SMILES string of the molecule is COCCn1c(-c2cc(C)cc(F)c2)nnc1S(N)(=O)=O. The third-order valence-electron chi connectivity index (χ3n) is 2.79. The Morgan fingerprint density at radius 3 is 2.62 bits per heavy atom. The molecule has 0 saturated heterocycles. The van der Waals surface area contributed by atoms with Gasteiger partial charge in [0.05, 0.1) is 13.2 Å². The first-order valence-corrected chi connectivity index (χ1v) is 7.60. The molecule has 114 valence electrons.